The van der Waals surface area contributed by atoms with Crippen LogP contribution in [0.3, 0.4) is 0 Å². The number of fused-ring (bicyclic) bond motifs is 1. The summed E-state index contributed by atoms with van der Waals surface area (Å²) in [5.74, 6) is 1.57. The van der Waals surface area contributed by atoms with E-state index < -0.39 is 11.0 Å². The first-order valence-electron chi connectivity index (χ1n) is 17.0. The second-order valence-electron chi connectivity index (χ2n) is 12.2. The van der Waals surface area contributed by atoms with Crippen LogP contribution in [-0.4, -0.2) is 98.5 Å². The van der Waals surface area contributed by atoms with Crippen LogP contribution in [0.4, 0.5) is 23.1 Å². The summed E-state index contributed by atoms with van der Waals surface area (Å²) in [7, 11) is 0.396. The molecule has 2 fully saturated rings. The topological polar surface area (TPSA) is 106 Å². The van der Waals surface area contributed by atoms with Crippen molar-refractivity contribution in [3.05, 3.63) is 58.7 Å². The molecule has 0 spiro atoms. The Bertz CT molecular complexity index is 1500. The van der Waals surface area contributed by atoms with Gasteiger partial charge >= 0.3 is 0 Å². The summed E-state index contributed by atoms with van der Waals surface area (Å²) in [6.45, 7) is 12.0. The first-order chi connectivity index (χ1) is 22.9. The molecule has 2 aliphatic heterocycles. The number of nitrogens with zero attached hydrogens (tertiary/aromatic N) is 5. The number of halogens is 1. The number of para-hydroxylation sites is 1. The maximum absolute atomic E-state index is 13.5. The number of hydrogen-bond acceptors (Lipinski definition) is 9. The van der Waals surface area contributed by atoms with E-state index in [2.05, 4.69) is 44.5 Å². The van der Waals surface area contributed by atoms with Gasteiger partial charge in [-0.3, -0.25) is 9.80 Å². The van der Waals surface area contributed by atoms with Crippen LogP contribution < -0.4 is 15.4 Å². The van der Waals surface area contributed by atoms with Gasteiger partial charge in [-0.25, -0.2) is 13.5 Å². The summed E-state index contributed by atoms with van der Waals surface area (Å²) < 4.78 is 21.4. The highest BCUT2D eigenvalue weighted by Crippen LogP contribution is 2.36. The number of aliphatic hydroxyl groups excluding tert-OH is 1. The van der Waals surface area contributed by atoms with Crippen LogP contribution in [0.15, 0.2) is 47.5 Å². The lowest BCUT2D eigenvalue weighted by molar-refractivity contribution is 0.0805. The number of ether oxygens (including phenoxy) is 1. The predicted molar refractivity (Wildman–Crippen MR) is 192 cm³/mol. The van der Waals surface area contributed by atoms with E-state index in [1.54, 1.807) is 13.3 Å². The Hall–Kier alpha value is -2.80. The zero-order valence-corrected chi connectivity index (χ0v) is 29.7. The Morgan fingerprint density at radius 2 is 1.81 bits per heavy atom. The third kappa shape index (κ3) is 8.63. The standard InChI is InChI=1S/C33H44ClN7O3S.C2H6/c1-23-7-6-12-41(23)45(43)31-11-4-3-10-28(31)36-32-27(34)22-35-33(38-32)37-29-20-24-8-5-9-26(19-25(24)21-30(29)44-2)40-15-13-39(14-16-40)17-18-42;1-2/h3-4,10-11,20-23,26,42H,5-9,12-19H2,1-2H3,(H2,35,36,37,38);1-2H3. The highest BCUT2D eigenvalue weighted by atomic mass is 35.5. The average Bonchev–Trinajstić information content (AvgIpc) is 3.42. The molecule has 12 heteroatoms. The molecule has 6 rings (SSSR count). The number of β-amino-alcohol motifs (C(OH)–C–C–N with tert-alkyl or cyclic N) is 1. The summed E-state index contributed by atoms with van der Waals surface area (Å²) in [6, 6.07) is 12.7. The fraction of sp³-hybridized carbons (Fsp3) is 0.543. The van der Waals surface area contributed by atoms with Gasteiger partial charge in [-0.1, -0.05) is 37.6 Å². The van der Waals surface area contributed by atoms with Crippen LogP contribution in [-0.2, 0) is 23.8 Å². The molecule has 3 aromatic rings. The zero-order chi connectivity index (χ0) is 33.3. The zero-order valence-electron chi connectivity index (χ0n) is 28.2. The van der Waals surface area contributed by atoms with Gasteiger partial charge < -0.3 is 20.5 Å². The van der Waals surface area contributed by atoms with E-state index >= 15 is 0 Å². The van der Waals surface area contributed by atoms with Crippen molar-refractivity contribution in [1.82, 2.24) is 24.1 Å². The maximum Gasteiger partial charge on any atom is 0.229 e. The van der Waals surface area contributed by atoms with E-state index in [1.165, 1.54) is 11.1 Å². The maximum atomic E-state index is 13.5. The van der Waals surface area contributed by atoms with Crippen molar-refractivity contribution in [1.29, 1.82) is 0 Å². The van der Waals surface area contributed by atoms with E-state index in [-0.39, 0.29) is 12.6 Å². The molecule has 1 aliphatic carbocycles. The number of aryl methyl sites for hydroxylation is 1. The van der Waals surface area contributed by atoms with Crippen molar-refractivity contribution in [3.63, 3.8) is 0 Å². The number of methoxy groups -OCH3 is 1. The third-order valence-corrected chi connectivity index (χ3v) is 11.3. The summed E-state index contributed by atoms with van der Waals surface area (Å²) in [4.78, 5) is 14.8. The molecule has 3 heterocycles. The Kier molecular flexibility index (Phi) is 12.9. The number of aliphatic hydroxyl groups is 1. The van der Waals surface area contributed by atoms with Gasteiger partial charge in [0, 0.05) is 51.4 Å². The van der Waals surface area contributed by atoms with Crippen molar-refractivity contribution in [3.8, 4) is 5.75 Å². The number of hydrogen-bond donors (Lipinski definition) is 3. The van der Waals surface area contributed by atoms with Crippen molar-refractivity contribution in [2.24, 2.45) is 0 Å². The molecule has 256 valence electrons. The van der Waals surface area contributed by atoms with Crippen molar-refractivity contribution in [2.75, 3.05) is 63.6 Å². The molecule has 0 saturated carbocycles. The van der Waals surface area contributed by atoms with E-state index in [9.17, 15) is 9.32 Å². The second-order valence-corrected chi connectivity index (χ2v) is 14.0. The summed E-state index contributed by atoms with van der Waals surface area (Å²) >= 11 is 6.56. The number of aromatic nitrogens is 2. The fourth-order valence-corrected chi connectivity index (χ4v) is 8.43. The summed E-state index contributed by atoms with van der Waals surface area (Å²) in [6.07, 6.45) is 7.96. The number of nitrogens with one attached hydrogen (secondary N) is 2. The molecule has 3 unspecified atom stereocenters. The number of piperazine rings is 1. The predicted octanol–water partition coefficient (Wildman–Crippen LogP) is 6.02. The third-order valence-electron chi connectivity index (χ3n) is 9.32. The van der Waals surface area contributed by atoms with Crippen LogP contribution in [0.2, 0.25) is 5.02 Å². The molecule has 3 atom stereocenters. The van der Waals surface area contributed by atoms with Crippen LogP contribution in [0.5, 0.6) is 5.75 Å². The molecule has 2 aromatic carbocycles. The van der Waals surface area contributed by atoms with Crippen LogP contribution in [0, 0.1) is 0 Å². The summed E-state index contributed by atoms with van der Waals surface area (Å²) in [5.41, 5.74) is 4.16. The van der Waals surface area contributed by atoms with E-state index in [0.717, 1.165) is 89.2 Å². The highest BCUT2D eigenvalue weighted by Gasteiger charge is 2.29. The first kappa shape index (κ1) is 35.5. The Balaban J connectivity index is 0.00000213. The summed E-state index contributed by atoms with van der Waals surface area (Å²) in [5, 5.41) is 16.4. The van der Waals surface area contributed by atoms with Crippen LogP contribution >= 0.6 is 11.6 Å². The normalized spacial score (nSPS) is 21.2. The molecule has 0 radical (unpaired) electrons. The molecule has 0 amide bonds. The molecular weight excluding hydrogens is 634 g/mol. The highest BCUT2D eigenvalue weighted by molar-refractivity contribution is 7.82. The van der Waals surface area contributed by atoms with E-state index in [0.29, 0.717) is 33.4 Å². The number of benzene rings is 2. The molecule has 1 aromatic heterocycles. The Morgan fingerprint density at radius 3 is 2.53 bits per heavy atom. The minimum atomic E-state index is -1.29. The van der Waals surface area contributed by atoms with Gasteiger partial charge in [-0.2, -0.15) is 4.98 Å². The van der Waals surface area contributed by atoms with Gasteiger partial charge in [0.2, 0.25) is 5.95 Å². The molecule has 2 saturated heterocycles. The van der Waals surface area contributed by atoms with Crippen molar-refractivity contribution >= 4 is 45.7 Å². The smallest absolute Gasteiger partial charge is 0.229 e. The monoisotopic (exact) mass is 683 g/mol. The largest absolute Gasteiger partial charge is 0.495 e. The van der Waals surface area contributed by atoms with Gasteiger partial charge in [0.15, 0.2) is 5.82 Å². The van der Waals surface area contributed by atoms with Gasteiger partial charge in [0.1, 0.15) is 21.8 Å². The van der Waals surface area contributed by atoms with E-state index in [4.69, 9.17) is 21.3 Å². The minimum absolute atomic E-state index is 0.222. The molecule has 10 nitrogen and oxygen atoms in total. The van der Waals surface area contributed by atoms with Gasteiger partial charge in [-0.05, 0) is 80.8 Å². The molecule has 3 aliphatic rings. The van der Waals surface area contributed by atoms with E-state index in [1.807, 2.05) is 42.4 Å². The van der Waals surface area contributed by atoms with Gasteiger partial charge in [-0.15, -0.1) is 0 Å². The lowest BCUT2D eigenvalue weighted by atomic mass is 9.99. The van der Waals surface area contributed by atoms with Gasteiger partial charge in [0.25, 0.3) is 0 Å². The SMILES string of the molecule is CC.COc1cc2c(cc1Nc1ncc(Cl)c(Nc3ccccc3S(=O)N3CCCC3C)n1)CCCC(N1CCN(CCO)CC1)C2. The second kappa shape index (κ2) is 17.0. The lowest BCUT2D eigenvalue weighted by Gasteiger charge is -2.39. The average molecular weight is 684 g/mol. The van der Waals surface area contributed by atoms with Gasteiger partial charge in [0.05, 0.1) is 36.2 Å². The van der Waals surface area contributed by atoms with Crippen molar-refractivity contribution < 1.29 is 14.1 Å². The van der Waals surface area contributed by atoms with Crippen molar-refractivity contribution in [2.45, 2.75) is 76.3 Å². The Morgan fingerprint density at radius 1 is 1.02 bits per heavy atom. The number of rotatable bonds is 10. The quantitative estimate of drug-likeness (QED) is 0.221. The first-order valence-corrected chi connectivity index (χ1v) is 18.5. The van der Waals surface area contributed by atoms with Crippen LogP contribution in [0.1, 0.15) is 57.6 Å². The molecule has 3 N–H and O–H groups in total. The van der Waals surface area contributed by atoms with Crippen LogP contribution in [0.25, 0.3) is 0 Å². The molecule has 47 heavy (non-hydrogen) atoms. The number of anilines is 4. The molecular formula is C35H50ClN7O3S. The minimum Gasteiger partial charge on any atom is -0.495 e. The fourth-order valence-electron chi connectivity index (χ4n) is 6.81. The molecule has 0 bridgehead atoms. The lowest BCUT2D eigenvalue weighted by Crippen LogP contribution is -2.51. The Labute approximate surface area is 287 Å².